The lowest BCUT2D eigenvalue weighted by Crippen LogP contribution is -2.44. The Hall–Kier alpha value is -1.17. The lowest BCUT2D eigenvalue weighted by atomic mass is 9.89. The van der Waals surface area contributed by atoms with Crippen molar-refractivity contribution in [2.75, 3.05) is 6.54 Å². The maximum absolute atomic E-state index is 11.8. The zero-order valence-electron chi connectivity index (χ0n) is 15.4. The fraction of sp³-hybridized carbons (Fsp3) is 0.875. The van der Waals surface area contributed by atoms with Crippen LogP contribution in [0.5, 0.6) is 0 Å². The van der Waals surface area contributed by atoms with Gasteiger partial charge >= 0.3 is 12.2 Å². The van der Waals surface area contributed by atoms with Gasteiger partial charge in [0, 0.05) is 11.3 Å². The van der Waals surface area contributed by atoms with E-state index in [-0.39, 0.29) is 12.5 Å². The van der Waals surface area contributed by atoms with Crippen molar-refractivity contribution in [3.8, 4) is 0 Å². The van der Waals surface area contributed by atoms with E-state index in [2.05, 4.69) is 5.32 Å². The maximum atomic E-state index is 11.8. The van der Waals surface area contributed by atoms with Crippen molar-refractivity contribution in [2.24, 2.45) is 11.3 Å². The summed E-state index contributed by atoms with van der Waals surface area (Å²) in [6.07, 6.45) is -2.01. The molecule has 0 rings (SSSR count). The molecule has 0 fully saturated rings. The third-order valence-electron chi connectivity index (χ3n) is 2.77. The number of halogens is 1. The van der Waals surface area contributed by atoms with Crippen LogP contribution >= 0.6 is 11.6 Å². The zero-order valence-corrected chi connectivity index (χ0v) is 16.1. The average Bonchev–Trinajstić information content (AvgIpc) is 2.30. The molecular formula is C16H30ClNO5. The molecule has 7 heteroatoms. The first-order valence-corrected chi connectivity index (χ1v) is 8.14. The van der Waals surface area contributed by atoms with Crippen LogP contribution in [-0.2, 0) is 14.2 Å². The van der Waals surface area contributed by atoms with Crippen molar-refractivity contribution in [1.29, 1.82) is 0 Å². The number of alkyl carbamates (subject to hydrolysis) is 1. The van der Waals surface area contributed by atoms with Crippen LogP contribution in [0.2, 0.25) is 0 Å². The number of ether oxygens (including phenoxy) is 3. The van der Waals surface area contributed by atoms with Crippen LogP contribution in [0.4, 0.5) is 9.59 Å². The summed E-state index contributed by atoms with van der Waals surface area (Å²) < 4.78 is 15.4. The fourth-order valence-electron chi connectivity index (χ4n) is 1.39. The summed E-state index contributed by atoms with van der Waals surface area (Å²) >= 11 is 5.90. The summed E-state index contributed by atoms with van der Waals surface area (Å²) in [4.78, 5) is 23.5. The summed E-state index contributed by atoms with van der Waals surface area (Å²) in [6, 6.07) is 0. The molecule has 6 nitrogen and oxygen atoms in total. The molecule has 0 aliphatic rings. The fourth-order valence-corrected chi connectivity index (χ4v) is 1.46. The molecule has 1 amide bonds. The molecule has 136 valence electrons. The first-order chi connectivity index (χ1) is 10.2. The van der Waals surface area contributed by atoms with Crippen LogP contribution in [0.25, 0.3) is 0 Å². The highest BCUT2D eigenvalue weighted by molar-refractivity contribution is 6.20. The van der Waals surface area contributed by atoms with Crippen LogP contribution in [0, 0.1) is 11.3 Å². The smallest absolute Gasteiger partial charge is 0.444 e. The number of hydrogen-bond donors (Lipinski definition) is 1. The highest BCUT2D eigenvalue weighted by Gasteiger charge is 2.31. The quantitative estimate of drug-likeness (QED) is 0.590. The molecule has 0 aromatic heterocycles. The van der Waals surface area contributed by atoms with Gasteiger partial charge in [-0.2, -0.15) is 0 Å². The van der Waals surface area contributed by atoms with Gasteiger partial charge in [-0.3, -0.25) is 0 Å². The van der Waals surface area contributed by atoms with Crippen LogP contribution in [0.3, 0.4) is 0 Å². The highest BCUT2D eigenvalue weighted by atomic mass is 35.5. The summed E-state index contributed by atoms with van der Waals surface area (Å²) in [7, 11) is 0. The maximum Gasteiger partial charge on any atom is 0.510 e. The van der Waals surface area contributed by atoms with E-state index in [9.17, 15) is 9.59 Å². The molecule has 0 aliphatic carbocycles. The van der Waals surface area contributed by atoms with Crippen molar-refractivity contribution in [1.82, 2.24) is 5.32 Å². The van der Waals surface area contributed by atoms with Gasteiger partial charge in [0.15, 0.2) is 5.56 Å². The SMILES string of the molecule is CC(C)C(Cl)OC(=O)OC(CNC(=O)OC(C)(C)C)C(C)(C)C. The van der Waals surface area contributed by atoms with E-state index in [0.717, 1.165) is 0 Å². The van der Waals surface area contributed by atoms with E-state index in [4.69, 9.17) is 25.8 Å². The van der Waals surface area contributed by atoms with Crippen molar-refractivity contribution in [3.63, 3.8) is 0 Å². The van der Waals surface area contributed by atoms with Gasteiger partial charge < -0.3 is 19.5 Å². The second-order valence-corrected chi connectivity index (χ2v) is 8.25. The average molecular weight is 352 g/mol. The third-order valence-corrected chi connectivity index (χ3v) is 3.36. The Labute approximate surface area is 144 Å². The summed E-state index contributed by atoms with van der Waals surface area (Å²) in [6.45, 7) is 14.8. The van der Waals surface area contributed by atoms with Gasteiger partial charge in [-0.05, 0) is 20.8 Å². The van der Waals surface area contributed by atoms with Crippen LogP contribution in [-0.4, -0.2) is 36.1 Å². The molecule has 0 saturated carbocycles. The Balaban J connectivity index is 4.61. The van der Waals surface area contributed by atoms with Gasteiger partial charge in [-0.15, -0.1) is 0 Å². The van der Waals surface area contributed by atoms with Crippen LogP contribution in [0.1, 0.15) is 55.4 Å². The Bertz CT molecular complexity index is 398. The number of amides is 1. The van der Waals surface area contributed by atoms with Crippen LogP contribution in [0.15, 0.2) is 0 Å². The van der Waals surface area contributed by atoms with E-state index >= 15 is 0 Å². The molecule has 0 spiro atoms. The number of carbonyl (C=O) groups excluding carboxylic acids is 2. The first kappa shape index (κ1) is 21.8. The van der Waals surface area contributed by atoms with Gasteiger partial charge in [-0.25, -0.2) is 9.59 Å². The topological polar surface area (TPSA) is 73.9 Å². The Morgan fingerprint density at radius 3 is 1.96 bits per heavy atom. The van der Waals surface area contributed by atoms with E-state index < -0.39 is 34.9 Å². The predicted molar refractivity (Wildman–Crippen MR) is 89.5 cm³/mol. The van der Waals surface area contributed by atoms with Crippen molar-refractivity contribution in [2.45, 2.75) is 72.7 Å². The third kappa shape index (κ3) is 10.3. The van der Waals surface area contributed by atoms with Gasteiger partial charge in [-0.1, -0.05) is 46.2 Å². The number of alkyl halides is 1. The summed E-state index contributed by atoms with van der Waals surface area (Å²) in [5.74, 6) is -0.0304. The highest BCUT2D eigenvalue weighted by Crippen LogP contribution is 2.23. The molecule has 0 radical (unpaired) electrons. The molecule has 2 unspecified atom stereocenters. The number of carbonyl (C=O) groups is 2. The molecule has 0 aromatic rings. The standard InChI is InChI=1S/C16H30ClNO5/c1-10(2)12(17)22-14(20)21-11(15(3,4)5)9-18-13(19)23-16(6,7)8/h10-12H,9H2,1-8H3,(H,18,19). The molecule has 23 heavy (non-hydrogen) atoms. The van der Waals surface area contributed by atoms with Crippen molar-refractivity contribution in [3.05, 3.63) is 0 Å². The lowest BCUT2D eigenvalue weighted by molar-refractivity contribution is -0.0277. The normalized spacial score (nSPS) is 14.9. The largest absolute Gasteiger partial charge is 0.510 e. The van der Waals surface area contributed by atoms with Crippen LogP contribution < -0.4 is 5.32 Å². The Morgan fingerprint density at radius 2 is 1.57 bits per heavy atom. The van der Waals surface area contributed by atoms with E-state index in [1.54, 1.807) is 20.8 Å². The minimum absolute atomic E-state index is 0.0304. The molecule has 0 bridgehead atoms. The lowest BCUT2D eigenvalue weighted by Gasteiger charge is -2.30. The molecular weight excluding hydrogens is 322 g/mol. The van der Waals surface area contributed by atoms with Gasteiger partial charge in [0.2, 0.25) is 0 Å². The molecule has 0 aromatic carbocycles. The van der Waals surface area contributed by atoms with E-state index in [1.165, 1.54) is 0 Å². The minimum Gasteiger partial charge on any atom is -0.444 e. The molecule has 2 atom stereocenters. The molecule has 0 heterocycles. The monoisotopic (exact) mass is 351 g/mol. The number of rotatable bonds is 5. The van der Waals surface area contributed by atoms with E-state index in [1.807, 2.05) is 34.6 Å². The molecule has 1 N–H and O–H groups in total. The van der Waals surface area contributed by atoms with Gasteiger partial charge in [0.05, 0.1) is 6.54 Å². The van der Waals surface area contributed by atoms with Crippen molar-refractivity contribution < 1.29 is 23.8 Å². The zero-order chi connectivity index (χ0) is 18.4. The minimum atomic E-state index is -0.857. The summed E-state index contributed by atoms with van der Waals surface area (Å²) in [5, 5.41) is 2.60. The Kier molecular flexibility index (Phi) is 8.18. The summed E-state index contributed by atoms with van der Waals surface area (Å²) in [5.41, 5.74) is -1.75. The molecule has 0 saturated heterocycles. The van der Waals surface area contributed by atoms with Gasteiger partial charge in [0.25, 0.3) is 0 Å². The predicted octanol–water partition coefficient (Wildman–Crippen LogP) is 4.30. The molecule has 0 aliphatic heterocycles. The number of nitrogens with one attached hydrogen (secondary N) is 1. The van der Waals surface area contributed by atoms with E-state index in [0.29, 0.717) is 0 Å². The second kappa shape index (κ2) is 8.62. The Morgan fingerprint density at radius 1 is 1.04 bits per heavy atom. The number of hydrogen-bond acceptors (Lipinski definition) is 5. The van der Waals surface area contributed by atoms with Gasteiger partial charge in [0.1, 0.15) is 11.7 Å². The van der Waals surface area contributed by atoms with Crippen molar-refractivity contribution >= 4 is 23.8 Å². The first-order valence-electron chi connectivity index (χ1n) is 7.70. The second-order valence-electron chi connectivity index (χ2n) is 7.82.